The molecule has 1 unspecified atom stereocenters. The lowest BCUT2D eigenvalue weighted by atomic mass is 9.91. The Morgan fingerprint density at radius 2 is 1.89 bits per heavy atom. The van der Waals surface area contributed by atoms with E-state index in [-0.39, 0.29) is 18.1 Å². The molecule has 0 saturated heterocycles. The molecule has 18 heavy (non-hydrogen) atoms. The standard InChI is InChI=1S/C15H22O3/c1-4-11(5-2)15(17)13(16)10-12-8-6-7-9-14(12)18-3/h6-9,11,15,17H,4-5,10H2,1-3H3. The van der Waals surface area contributed by atoms with Gasteiger partial charge < -0.3 is 9.84 Å². The number of methoxy groups -OCH3 is 1. The van der Waals surface area contributed by atoms with Gasteiger partial charge in [0.1, 0.15) is 11.9 Å². The van der Waals surface area contributed by atoms with Gasteiger partial charge in [-0.05, 0) is 12.0 Å². The van der Waals surface area contributed by atoms with Gasteiger partial charge in [-0.2, -0.15) is 0 Å². The average molecular weight is 250 g/mol. The third kappa shape index (κ3) is 3.57. The van der Waals surface area contributed by atoms with Gasteiger partial charge in [0, 0.05) is 12.0 Å². The van der Waals surface area contributed by atoms with E-state index in [0.29, 0.717) is 5.75 Å². The lowest BCUT2D eigenvalue weighted by molar-refractivity contribution is -0.129. The van der Waals surface area contributed by atoms with Crippen molar-refractivity contribution in [3.8, 4) is 5.75 Å². The monoisotopic (exact) mass is 250 g/mol. The zero-order valence-electron chi connectivity index (χ0n) is 11.3. The number of aliphatic hydroxyl groups is 1. The SMILES string of the molecule is CCC(CC)C(O)C(=O)Cc1ccccc1OC. The molecule has 3 heteroatoms. The number of ketones is 1. The maximum Gasteiger partial charge on any atom is 0.166 e. The van der Waals surface area contributed by atoms with Crippen LogP contribution in [0, 0.1) is 5.92 Å². The first-order chi connectivity index (χ1) is 8.63. The Labute approximate surface area is 109 Å². The fraction of sp³-hybridized carbons (Fsp3) is 0.533. The number of ether oxygens (including phenoxy) is 1. The number of hydrogen-bond acceptors (Lipinski definition) is 3. The molecule has 1 atom stereocenters. The third-order valence-electron chi connectivity index (χ3n) is 3.38. The summed E-state index contributed by atoms with van der Waals surface area (Å²) in [6.07, 6.45) is 0.983. The molecule has 0 radical (unpaired) electrons. The summed E-state index contributed by atoms with van der Waals surface area (Å²) in [5, 5.41) is 10.0. The number of rotatable bonds is 7. The molecular weight excluding hydrogens is 228 g/mol. The number of aliphatic hydroxyl groups excluding tert-OH is 1. The Bertz CT molecular complexity index is 383. The molecule has 0 bridgehead atoms. The Kier molecular flexibility index (Phi) is 5.86. The van der Waals surface area contributed by atoms with Crippen LogP contribution in [0.5, 0.6) is 5.75 Å². The molecule has 0 aromatic heterocycles. The van der Waals surface area contributed by atoms with Gasteiger partial charge in [0.05, 0.1) is 7.11 Å². The summed E-state index contributed by atoms with van der Waals surface area (Å²) >= 11 is 0. The Balaban J connectivity index is 2.75. The van der Waals surface area contributed by atoms with Crippen LogP contribution in [-0.2, 0) is 11.2 Å². The van der Waals surface area contributed by atoms with Crippen LogP contribution in [0.3, 0.4) is 0 Å². The highest BCUT2D eigenvalue weighted by Crippen LogP contribution is 2.21. The predicted molar refractivity (Wildman–Crippen MR) is 71.8 cm³/mol. The number of carbonyl (C=O) groups is 1. The van der Waals surface area contributed by atoms with E-state index < -0.39 is 6.10 Å². The zero-order chi connectivity index (χ0) is 13.5. The number of benzene rings is 1. The maximum absolute atomic E-state index is 12.0. The molecule has 100 valence electrons. The summed E-state index contributed by atoms with van der Waals surface area (Å²) in [5.41, 5.74) is 0.829. The molecule has 0 amide bonds. The first kappa shape index (κ1) is 14.7. The number of hydrogen-bond donors (Lipinski definition) is 1. The van der Waals surface area contributed by atoms with Crippen molar-refractivity contribution in [1.82, 2.24) is 0 Å². The number of Topliss-reactive ketones (excluding diaryl/α,β-unsaturated/α-hetero) is 1. The molecule has 0 aliphatic rings. The summed E-state index contributed by atoms with van der Waals surface area (Å²) in [4.78, 5) is 12.0. The molecule has 0 spiro atoms. The number of carbonyl (C=O) groups excluding carboxylic acids is 1. The summed E-state index contributed by atoms with van der Waals surface area (Å²) in [6, 6.07) is 7.42. The van der Waals surface area contributed by atoms with Crippen LogP contribution < -0.4 is 4.74 Å². The van der Waals surface area contributed by atoms with Crippen LogP contribution >= 0.6 is 0 Å². The van der Waals surface area contributed by atoms with E-state index in [0.717, 1.165) is 18.4 Å². The normalized spacial score (nSPS) is 12.5. The molecule has 1 rings (SSSR count). The van der Waals surface area contributed by atoms with E-state index in [1.165, 1.54) is 0 Å². The molecule has 0 fully saturated rings. The molecule has 1 aromatic carbocycles. The topological polar surface area (TPSA) is 46.5 Å². The van der Waals surface area contributed by atoms with E-state index in [1.54, 1.807) is 7.11 Å². The number of para-hydroxylation sites is 1. The van der Waals surface area contributed by atoms with Gasteiger partial charge in [0.25, 0.3) is 0 Å². The van der Waals surface area contributed by atoms with Crippen molar-refractivity contribution in [1.29, 1.82) is 0 Å². The molecule has 0 aliphatic carbocycles. The van der Waals surface area contributed by atoms with Crippen LogP contribution in [0.1, 0.15) is 32.3 Å². The molecule has 0 aliphatic heterocycles. The quantitative estimate of drug-likeness (QED) is 0.809. The minimum atomic E-state index is -0.870. The average Bonchev–Trinajstić information content (AvgIpc) is 2.40. The van der Waals surface area contributed by atoms with E-state index in [4.69, 9.17) is 4.74 Å². The molecule has 0 heterocycles. The second-order valence-electron chi connectivity index (χ2n) is 4.48. The summed E-state index contributed by atoms with van der Waals surface area (Å²) in [6.45, 7) is 3.99. The van der Waals surface area contributed by atoms with Gasteiger partial charge in [-0.25, -0.2) is 0 Å². The van der Waals surface area contributed by atoms with Gasteiger partial charge in [0.2, 0.25) is 0 Å². The van der Waals surface area contributed by atoms with Crippen molar-refractivity contribution in [2.24, 2.45) is 5.92 Å². The fourth-order valence-electron chi connectivity index (χ4n) is 2.14. The second kappa shape index (κ2) is 7.17. The largest absolute Gasteiger partial charge is 0.496 e. The van der Waals surface area contributed by atoms with E-state index in [9.17, 15) is 9.90 Å². The van der Waals surface area contributed by atoms with Crippen molar-refractivity contribution in [3.05, 3.63) is 29.8 Å². The Hall–Kier alpha value is -1.35. The van der Waals surface area contributed by atoms with Gasteiger partial charge in [-0.15, -0.1) is 0 Å². The van der Waals surface area contributed by atoms with E-state index >= 15 is 0 Å². The summed E-state index contributed by atoms with van der Waals surface area (Å²) in [7, 11) is 1.58. The smallest absolute Gasteiger partial charge is 0.166 e. The van der Waals surface area contributed by atoms with Crippen LogP contribution in [-0.4, -0.2) is 24.1 Å². The molecule has 0 saturated carbocycles. The highest BCUT2D eigenvalue weighted by Gasteiger charge is 2.23. The van der Waals surface area contributed by atoms with Crippen molar-refractivity contribution in [3.63, 3.8) is 0 Å². The van der Waals surface area contributed by atoms with Crippen LogP contribution in [0.2, 0.25) is 0 Å². The van der Waals surface area contributed by atoms with Crippen LogP contribution in [0.15, 0.2) is 24.3 Å². The Morgan fingerprint density at radius 1 is 1.28 bits per heavy atom. The minimum absolute atomic E-state index is 0.0483. The first-order valence-corrected chi connectivity index (χ1v) is 6.46. The van der Waals surface area contributed by atoms with Gasteiger partial charge >= 0.3 is 0 Å². The fourth-order valence-corrected chi connectivity index (χ4v) is 2.14. The lowest BCUT2D eigenvalue weighted by Gasteiger charge is -2.19. The molecule has 3 nitrogen and oxygen atoms in total. The summed E-state index contributed by atoms with van der Waals surface area (Å²) in [5.74, 6) is 0.614. The minimum Gasteiger partial charge on any atom is -0.496 e. The van der Waals surface area contributed by atoms with Gasteiger partial charge in [-0.3, -0.25) is 4.79 Å². The summed E-state index contributed by atoms with van der Waals surface area (Å²) < 4.78 is 5.21. The van der Waals surface area contributed by atoms with Gasteiger partial charge in [-0.1, -0.05) is 44.9 Å². The van der Waals surface area contributed by atoms with Crippen molar-refractivity contribution >= 4 is 5.78 Å². The highest BCUT2D eigenvalue weighted by atomic mass is 16.5. The van der Waals surface area contributed by atoms with Gasteiger partial charge in [0.15, 0.2) is 5.78 Å². The second-order valence-corrected chi connectivity index (χ2v) is 4.48. The third-order valence-corrected chi connectivity index (χ3v) is 3.38. The van der Waals surface area contributed by atoms with E-state index in [1.807, 2.05) is 38.1 Å². The molecule has 1 N–H and O–H groups in total. The predicted octanol–water partition coefficient (Wildman–Crippen LogP) is 2.60. The lowest BCUT2D eigenvalue weighted by Crippen LogP contribution is -2.30. The van der Waals surface area contributed by atoms with Crippen molar-refractivity contribution < 1.29 is 14.6 Å². The van der Waals surface area contributed by atoms with Crippen LogP contribution in [0.4, 0.5) is 0 Å². The van der Waals surface area contributed by atoms with E-state index in [2.05, 4.69) is 0 Å². The first-order valence-electron chi connectivity index (χ1n) is 6.46. The maximum atomic E-state index is 12.0. The molecular formula is C15H22O3. The van der Waals surface area contributed by atoms with Crippen LogP contribution in [0.25, 0.3) is 0 Å². The zero-order valence-corrected chi connectivity index (χ0v) is 11.3. The van der Waals surface area contributed by atoms with Crippen molar-refractivity contribution in [2.75, 3.05) is 7.11 Å². The Morgan fingerprint density at radius 3 is 2.44 bits per heavy atom. The molecule has 1 aromatic rings. The highest BCUT2D eigenvalue weighted by molar-refractivity contribution is 5.85. The van der Waals surface area contributed by atoms with Crippen molar-refractivity contribution in [2.45, 2.75) is 39.2 Å².